The van der Waals surface area contributed by atoms with Crippen molar-refractivity contribution in [2.75, 3.05) is 0 Å². The van der Waals surface area contributed by atoms with Crippen LogP contribution in [0.25, 0.3) is 0 Å². The Morgan fingerprint density at radius 3 is 2.88 bits per heavy atom. The maximum absolute atomic E-state index is 13.3. The molecule has 2 aromatic rings. The number of hydrogen-bond donors (Lipinski definition) is 1. The lowest BCUT2D eigenvalue weighted by Crippen LogP contribution is -2.00. The predicted octanol–water partition coefficient (Wildman–Crippen LogP) is 3.23. The van der Waals surface area contributed by atoms with Gasteiger partial charge in [-0.1, -0.05) is 0 Å². The minimum atomic E-state index is -0.370. The number of nitrogens with two attached hydrogens (primary N) is 1. The smallest absolute Gasteiger partial charge is 0.141 e. The van der Waals surface area contributed by atoms with Gasteiger partial charge in [0.05, 0.1) is 4.47 Å². The molecule has 0 aliphatic rings. The first kappa shape index (κ1) is 12.0. The summed E-state index contributed by atoms with van der Waals surface area (Å²) in [5.74, 6) is 0.640. The van der Waals surface area contributed by atoms with Crippen molar-refractivity contribution < 1.29 is 9.13 Å². The van der Waals surface area contributed by atoms with Crippen LogP contribution in [0, 0.1) is 5.82 Å². The molecule has 88 valence electrons. The zero-order valence-electron chi connectivity index (χ0n) is 8.86. The Kier molecular flexibility index (Phi) is 3.71. The molecule has 0 aliphatic carbocycles. The Bertz CT molecular complexity index is 534. The third kappa shape index (κ3) is 2.81. The van der Waals surface area contributed by atoms with Gasteiger partial charge in [-0.2, -0.15) is 0 Å². The highest BCUT2D eigenvalue weighted by molar-refractivity contribution is 9.10. The Morgan fingerprint density at radius 1 is 1.35 bits per heavy atom. The third-order valence-corrected chi connectivity index (χ3v) is 2.84. The first-order valence-corrected chi connectivity index (χ1v) is 5.76. The van der Waals surface area contributed by atoms with Crippen LogP contribution in [-0.4, -0.2) is 4.98 Å². The monoisotopic (exact) mass is 296 g/mol. The van der Waals surface area contributed by atoms with Gasteiger partial charge in [-0.3, -0.25) is 4.98 Å². The van der Waals surface area contributed by atoms with E-state index in [0.29, 0.717) is 22.5 Å². The number of aromatic nitrogens is 1. The van der Waals surface area contributed by atoms with Gasteiger partial charge in [0.25, 0.3) is 0 Å². The molecule has 0 amide bonds. The zero-order valence-corrected chi connectivity index (χ0v) is 10.4. The number of benzene rings is 1. The average Bonchev–Trinajstić information content (AvgIpc) is 2.34. The molecule has 2 N–H and O–H groups in total. The molecule has 2 rings (SSSR count). The van der Waals surface area contributed by atoms with Crippen LogP contribution in [0.4, 0.5) is 4.39 Å². The van der Waals surface area contributed by atoms with Crippen molar-refractivity contribution in [2.24, 2.45) is 5.73 Å². The van der Waals surface area contributed by atoms with Gasteiger partial charge in [0.1, 0.15) is 17.3 Å². The van der Waals surface area contributed by atoms with Crippen LogP contribution in [0.5, 0.6) is 11.5 Å². The van der Waals surface area contributed by atoms with E-state index in [9.17, 15) is 4.39 Å². The highest BCUT2D eigenvalue weighted by atomic mass is 79.9. The van der Waals surface area contributed by atoms with Gasteiger partial charge in [0, 0.05) is 30.6 Å². The number of ether oxygens (including phenoxy) is 1. The standard InChI is InChI=1S/C12H10BrFN2O/c13-10-2-1-9(5-11(10)14)17-12-3-4-16-7-8(12)6-15/h1-5,7H,6,15H2. The number of halogens is 2. The number of nitrogens with zero attached hydrogens (tertiary/aromatic N) is 1. The molecule has 0 spiro atoms. The fourth-order valence-electron chi connectivity index (χ4n) is 1.33. The van der Waals surface area contributed by atoms with E-state index in [1.54, 1.807) is 30.6 Å². The maximum Gasteiger partial charge on any atom is 0.141 e. The van der Waals surface area contributed by atoms with E-state index in [4.69, 9.17) is 10.5 Å². The van der Waals surface area contributed by atoms with E-state index in [1.807, 2.05) is 0 Å². The lowest BCUT2D eigenvalue weighted by molar-refractivity contribution is 0.469. The molecule has 5 heteroatoms. The number of hydrogen-bond acceptors (Lipinski definition) is 3. The van der Waals surface area contributed by atoms with Crippen molar-refractivity contribution in [1.82, 2.24) is 4.98 Å². The molecule has 0 unspecified atom stereocenters. The lowest BCUT2D eigenvalue weighted by atomic mass is 10.2. The first-order valence-electron chi connectivity index (χ1n) is 4.96. The van der Waals surface area contributed by atoms with Gasteiger partial charge >= 0.3 is 0 Å². The molecular formula is C12H10BrFN2O. The summed E-state index contributed by atoms with van der Waals surface area (Å²) in [6.07, 6.45) is 3.23. The molecule has 0 atom stereocenters. The predicted molar refractivity (Wildman–Crippen MR) is 66.3 cm³/mol. The van der Waals surface area contributed by atoms with E-state index < -0.39 is 0 Å². The minimum absolute atomic E-state index is 0.322. The summed E-state index contributed by atoms with van der Waals surface area (Å²) in [5.41, 5.74) is 6.33. The molecule has 0 radical (unpaired) electrons. The van der Waals surface area contributed by atoms with Crippen LogP contribution < -0.4 is 10.5 Å². The Balaban J connectivity index is 2.28. The summed E-state index contributed by atoms with van der Waals surface area (Å²) in [6.45, 7) is 0.322. The molecular weight excluding hydrogens is 287 g/mol. The highest BCUT2D eigenvalue weighted by Crippen LogP contribution is 2.27. The van der Waals surface area contributed by atoms with Crippen molar-refractivity contribution in [1.29, 1.82) is 0 Å². The van der Waals surface area contributed by atoms with Gasteiger partial charge < -0.3 is 10.5 Å². The van der Waals surface area contributed by atoms with Crippen molar-refractivity contribution in [2.45, 2.75) is 6.54 Å². The first-order chi connectivity index (χ1) is 8.20. The second-order valence-electron chi connectivity index (χ2n) is 3.37. The van der Waals surface area contributed by atoms with Crippen molar-refractivity contribution in [3.8, 4) is 11.5 Å². The zero-order chi connectivity index (χ0) is 12.3. The molecule has 0 bridgehead atoms. The molecule has 1 aromatic heterocycles. The largest absolute Gasteiger partial charge is 0.457 e. The average molecular weight is 297 g/mol. The summed E-state index contributed by atoms with van der Waals surface area (Å²) >= 11 is 3.08. The topological polar surface area (TPSA) is 48.1 Å². The van der Waals surface area contributed by atoms with Crippen molar-refractivity contribution >= 4 is 15.9 Å². The van der Waals surface area contributed by atoms with Crippen LogP contribution >= 0.6 is 15.9 Å². The second kappa shape index (κ2) is 5.25. The van der Waals surface area contributed by atoms with Crippen LogP contribution in [0.3, 0.4) is 0 Å². The molecule has 0 saturated heterocycles. The lowest BCUT2D eigenvalue weighted by Gasteiger charge is -2.09. The molecule has 3 nitrogen and oxygen atoms in total. The van der Waals surface area contributed by atoms with Crippen LogP contribution in [0.2, 0.25) is 0 Å². The van der Waals surface area contributed by atoms with E-state index in [-0.39, 0.29) is 5.82 Å². The Labute approximate surface area is 107 Å². The molecule has 17 heavy (non-hydrogen) atoms. The normalized spacial score (nSPS) is 10.3. The molecule has 1 heterocycles. The number of pyridine rings is 1. The SMILES string of the molecule is NCc1cnccc1Oc1ccc(Br)c(F)c1. The van der Waals surface area contributed by atoms with Crippen molar-refractivity contribution in [3.63, 3.8) is 0 Å². The summed E-state index contributed by atoms with van der Waals surface area (Å²) < 4.78 is 19.3. The van der Waals surface area contributed by atoms with Crippen molar-refractivity contribution in [3.05, 3.63) is 52.5 Å². The van der Waals surface area contributed by atoms with E-state index in [0.717, 1.165) is 5.56 Å². The molecule has 0 saturated carbocycles. The van der Waals surface area contributed by atoms with Gasteiger partial charge in [0.15, 0.2) is 0 Å². The van der Waals surface area contributed by atoms with Crippen LogP contribution in [0.1, 0.15) is 5.56 Å². The molecule has 1 aromatic carbocycles. The van der Waals surface area contributed by atoms with E-state index in [2.05, 4.69) is 20.9 Å². The second-order valence-corrected chi connectivity index (χ2v) is 4.22. The maximum atomic E-state index is 13.3. The van der Waals surface area contributed by atoms with E-state index >= 15 is 0 Å². The Morgan fingerprint density at radius 2 is 2.18 bits per heavy atom. The fraction of sp³-hybridized carbons (Fsp3) is 0.0833. The van der Waals surface area contributed by atoms with Crippen LogP contribution in [0.15, 0.2) is 41.1 Å². The van der Waals surface area contributed by atoms with Gasteiger partial charge in [-0.05, 0) is 34.1 Å². The summed E-state index contributed by atoms with van der Waals surface area (Å²) in [4.78, 5) is 3.95. The van der Waals surface area contributed by atoms with Crippen LogP contribution in [-0.2, 0) is 6.54 Å². The van der Waals surface area contributed by atoms with E-state index in [1.165, 1.54) is 6.07 Å². The third-order valence-electron chi connectivity index (χ3n) is 2.20. The highest BCUT2D eigenvalue weighted by Gasteiger charge is 2.05. The molecule has 0 aliphatic heterocycles. The summed E-state index contributed by atoms with van der Waals surface area (Å²) in [6, 6.07) is 6.27. The Hall–Kier alpha value is -1.46. The van der Waals surface area contributed by atoms with Gasteiger partial charge in [-0.15, -0.1) is 0 Å². The van der Waals surface area contributed by atoms with Gasteiger partial charge in [-0.25, -0.2) is 4.39 Å². The quantitative estimate of drug-likeness (QED) is 0.946. The summed E-state index contributed by atoms with van der Waals surface area (Å²) in [5, 5.41) is 0. The summed E-state index contributed by atoms with van der Waals surface area (Å²) in [7, 11) is 0. The molecule has 0 fully saturated rings. The van der Waals surface area contributed by atoms with Gasteiger partial charge in [0.2, 0.25) is 0 Å². The minimum Gasteiger partial charge on any atom is -0.457 e. The number of rotatable bonds is 3. The fourth-order valence-corrected chi connectivity index (χ4v) is 1.58.